The van der Waals surface area contributed by atoms with Gasteiger partial charge in [-0.3, -0.25) is 14.6 Å². The summed E-state index contributed by atoms with van der Waals surface area (Å²) in [5.41, 5.74) is -1.07. The van der Waals surface area contributed by atoms with E-state index in [1.807, 2.05) is 10.1 Å². The van der Waals surface area contributed by atoms with Crippen molar-refractivity contribution in [2.75, 3.05) is 7.11 Å². The van der Waals surface area contributed by atoms with Crippen LogP contribution in [-0.4, -0.2) is 45.3 Å². The number of ether oxygens (including phenoxy) is 1. The number of hydrogen-bond donors (Lipinski definition) is 4. The van der Waals surface area contributed by atoms with Crippen LogP contribution in [0.15, 0.2) is 33.9 Å². The molecule has 0 unspecified atom stereocenters. The van der Waals surface area contributed by atoms with Gasteiger partial charge >= 0.3 is 11.7 Å². The summed E-state index contributed by atoms with van der Waals surface area (Å²) in [6, 6.07) is 5.13. The molecule has 0 saturated heterocycles. The first-order valence-corrected chi connectivity index (χ1v) is 7.22. The maximum absolute atomic E-state index is 12.1. The van der Waals surface area contributed by atoms with E-state index in [1.165, 1.54) is 19.2 Å². The second-order valence-corrected chi connectivity index (χ2v) is 5.14. The van der Waals surface area contributed by atoms with Gasteiger partial charge in [0.2, 0.25) is 5.91 Å². The number of aromatic hydroxyl groups is 1. The molecule has 0 aliphatic carbocycles. The van der Waals surface area contributed by atoms with E-state index in [4.69, 9.17) is 0 Å². The van der Waals surface area contributed by atoms with Crippen LogP contribution in [-0.2, 0) is 27.2 Å². The van der Waals surface area contributed by atoms with Gasteiger partial charge in [-0.2, -0.15) is 5.10 Å². The fourth-order valence-corrected chi connectivity index (χ4v) is 2.09. The molecule has 10 heteroatoms. The van der Waals surface area contributed by atoms with Gasteiger partial charge in [0.25, 0.3) is 5.56 Å². The summed E-state index contributed by atoms with van der Waals surface area (Å²) in [6.45, 7) is 0. The molecule has 2 aromatic rings. The number of methoxy groups -OCH3 is 1. The number of carbonyl (C=O) groups is 2. The van der Waals surface area contributed by atoms with Crippen molar-refractivity contribution in [3.63, 3.8) is 0 Å². The molecule has 0 fully saturated rings. The lowest BCUT2D eigenvalue weighted by Gasteiger charge is -2.16. The number of H-pyrrole nitrogens is 2. The highest BCUT2D eigenvalue weighted by Crippen LogP contribution is 2.12. The van der Waals surface area contributed by atoms with Crippen LogP contribution < -0.4 is 16.6 Å². The van der Waals surface area contributed by atoms with E-state index in [2.05, 4.69) is 15.2 Å². The predicted molar refractivity (Wildman–Crippen MR) is 84.9 cm³/mol. The Morgan fingerprint density at radius 1 is 1.28 bits per heavy atom. The summed E-state index contributed by atoms with van der Waals surface area (Å²) < 4.78 is 4.66. The lowest BCUT2D eigenvalue weighted by atomic mass is 10.1. The van der Waals surface area contributed by atoms with Crippen molar-refractivity contribution in [2.24, 2.45) is 0 Å². The van der Waals surface area contributed by atoms with Gasteiger partial charge < -0.3 is 15.2 Å². The number of aromatic amines is 2. The first-order chi connectivity index (χ1) is 11.9. The Hall–Kier alpha value is -3.43. The Morgan fingerprint density at radius 3 is 2.56 bits per heavy atom. The molecule has 1 aromatic carbocycles. The van der Waals surface area contributed by atoms with E-state index in [9.17, 15) is 24.3 Å². The summed E-state index contributed by atoms with van der Waals surface area (Å²) in [5, 5.41) is 17.3. The fourth-order valence-electron chi connectivity index (χ4n) is 2.09. The maximum Gasteiger partial charge on any atom is 0.342 e. The minimum Gasteiger partial charge on any atom is -0.508 e. The van der Waals surface area contributed by atoms with Gasteiger partial charge in [0.15, 0.2) is 0 Å². The number of aromatic nitrogens is 3. The molecule has 25 heavy (non-hydrogen) atoms. The number of nitrogens with zero attached hydrogens (tertiary/aromatic N) is 1. The number of nitrogens with one attached hydrogen (secondary N) is 3. The predicted octanol–water partition coefficient (Wildman–Crippen LogP) is -1.39. The van der Waals surface area contributed by atoms with Gasteiger partial charge in [0, 0.05) is 6.42 Å². The molecule has 132 valence electrons. The lowest BCUT2D eigenvalue weighted by molar-refractivity contribution is -0.145. The highest BCUT2D eigenvalue weighted by atomic mass is 16.5. The molecule has 0 saturated carbocycles. The molecule has 1 amide bonds. The normalized spacial score (nSPS) is 11.6. The maximum atomic E-state index is 12.1. The molecule has 2 rings (SSSR count). The topological polar surface area (TPSA) is 154 Å². The van der Waals surface area contributed by atoms with Crippen molar-refractivity contribution in [1.29, 1.82) is 0 Å². The Balaban J connectivity index is 2.09. The van der Waals surface area contributed by atoms with Crippen LogP contribution in [0.25, 0.3) is 0 Å². The van der Waals surface area contributed by atoms with E-state index in [0.717, 1.165) is 0 Å². The summed E-state index contributed by atoms with van der Waals surface area (Å²) in [6.07, 6.45) is -0.288. The molecular formula is C15H16N4O6. The van der Waals surface area contributed by atoms with Gasteiger partial charge in [-0.25, -0.2) is 14.7 Å². The molecule has 0 spiro atoms. The number of carbonyl (C=O) groups excluding carboxylic acids is 2. The van der Waals surface area contributed by atoms with Crippen molar-refractivity contribution in [1.82, 2.24) is 20.5 Å². The van der Waals surface area contributed by atoms with Crippen molar-refractivity contribution >= 4 is 11.9 Å². The van der Waals surface area contributed by atoms with E-state index in [0.29, 0.717) is 5.56 Å². The molecule has 1 heterocycles. The summed E-state index contributed by atoms with van der Waals surface area (Å²) in [5.74, 6) is -1.23. The third-order valence-electron chi connectivity index (χ3n) is 3.31. The van der Waals surface area contributed by atoms with E-state index in [1.54, 1.807) is 12.1 Å². The number of amides is 1. The smallest absolute Gasteiger partial charge is 0.342 e. The molecule has 1 atom stereocenters. The standard InChI is InChI=1S/C15H16N4O6/c1-25-14(23)11(6-8-2-4-9(20)5-3-8)16-12(21)7-10-13(22)17-15(24)19-18-10/h2-5,11,20H,6-7H2,1H3,(H,16,21)(H2,17,19,22,24)/t11-/m0/s1. The van der Waals surface area contributed by atoms with E-state index >= 15 is 0 Å². The highest BCUT2D eigenvalue weighted by Gasteiger charge is 2.23. The molecule has 4 N–H and O–H groups in total. The van der Waals surface area contributed by atoms with Gasteiger partial charge in [0.1, 0.15) is 17.5 Å². The van der Waals surface area contributed by atoms with Gasteiger partial charge in [0.05, 0.1) is 13.5 Å². The zero-order valence-corrected chi connectivity index (χ0v) is 13.2. The van der Waals surface area contributed by atoms with Crippen LogP contribution in [0.1, 0.15) is 11.3 Å². The minimum absolute atomic E-state index is 0.0748. The molecule has 1 aromatic heterocycles. The third kappa shape index (κ3) is 5.03. The van der Waals surface area contributed by atoms with Crippen LogP contribution in [0.5, 0.6) is 5.75 Å². The quantitative estimate of drug-likeness (QED) is 0.468. The van der Waals surface area contributed by atoms with Crippen LogP contribution in [0.4, 0.5) is 0 Å². The van der Waals surface area contributed by atoms with Gasteiger partial charge in [-0.15, -0.1) is 0 Å². The summed E-state index contributed by atoms with van der Waals surface area (Å²) in [4.78, 5) is 48.3. The van der Waals surface area contributed by atoms with E-state index < -0.39 is 35.6 Å². The zero-order valence-electron chi connectivity index (χ0n) is 13.2. The largest absolute Gasteiger partial charge is 0.508 e. The number of phenols is 1. The van der Waals surface area contributed by atoms with Gasteiger partial charge in [-0.05, 0) is 17.7 Å². The van der Waals surface area contributed by atoms with Crippen molar-refractivity contribution < 1.29 is 19.4 Å². The van der Waals surface area contributed by atoms with Crippen molar-refractivity contribution in [2.45, 2.75) is 18.9 Å². The average Bonchev–Trinajstić information content (AvgIpc) is 2.58. The van der Waals surface area contributed by atoms with Crippen LogP contribution >= 0.6 is 0 Å². The Labute approximate surface area is 140 Å². The van der Waals surface area contributed by atoms with Crippen LogP contribution in [0.2, 0.25) is 0 Å². The molecular weight excluding hydrogens is 332 g/mol. The van der Waals surface area contributed by atoms with Crippen molar-refractivity contribution in [3.8, 4) is 5.75 Å². The van der Waals surface area contributed by atoms with E-state index in [-0.39, 0.29) is 17.9 Å². The SMILES string of the molecule is COC(=O)[C@H](Cc1ccc(O)cc1)NC(=O)Cc1n[nH]c(=O)[nH]c1=O. The first-order valence-electron chi connectivity index (χ1n) is 7.22. The lowest BCUT2D eigenvalue weighted by Crippen LogP contribution is -2.44. The second-order valence-electron chi connectivity index (χ2n) is 5.14. The Bertz CT molecular complexity index is 871. The number of benzene rings is 1. The number of phenolic OH excluding ortho intramolecular Hbond substituents is 1. The molecule has 0 aliphatic heterocycles. The van der Waals surface area contributed by atoms with Crippen molar-refractivity contribution in [3.05, 3.63) is 56.4 Å². The fraction of sp³-hybridized carbons (Fsp3) is 0.267. The summed E-state index contributed by atoms with van der Waals surface area (Å²) >= 11 is 0. The third-order valence-corrected chi connectivity index (χ3v) is 3.31. The number of rotatable bonds is 6. The minimum atomic E-state index is -0.983. The molecule has 0 radical (unpaired) electrons. The monoisotopic (exact) mass is 348 g/mol. The average molecular weight is 348 g/mol. The molecule has 10 nitrogen and oxygen atoms in total. The first kappa shape index (κ1) is 17.9. The summed E-state index contributed by atoms with van der Waals surface area (Å²) in [7, 11) is 1.19. The number of hydrogen-bond acceptors (Lipinski definition) is 7. The Kier molecular flexibility index (Phi) is 5.66. The van der Waals surface area contributed by atoms with Crippen LogP contribution in [0.3, 0.4) is 0 Å². The van der Waals surface area contributed by atoms with Crippen LogP contribution in [0, 0.1) is 0 Å². The Morgan fingerprint density at radius 2 is 1.96 bits per heavy atom. The second kappa shape index (κ2) is 7.90. The zero-order chi connectivity index (χ0) is 18.4. The highest BCUT2D eigenvalue weighted by molar-refractivity contribution is 5.85. The number of esters is 1. The van der Waals surface area contributed by atoms with Gasteiger partial charge in [-0.1, -0.05) is 12.1 Å². The molecule has 0 aliphatic rings. The molecule has 0 bridgehead atoms.